The zero-order valence-electron chi connectivity index (χ0n) is 11.1. The summed E-state index contributed by atoms with van der Waals surface area (Å²) >= 11 is 3.15. The molecule has 0 amide bonds. The number of nitrogens with one attached hydrogen (secondary N) is 1. The lowest BCUT2D eigenvalue weighted by molar-refractivity contribution is -0.143. The molecule has 0 radical (unpaired) electrons. The SMILES string of the molecule is O=C(O)C1CCCCC1Nc1cc(Br)ccc1C(F)(F)F. The number of alkyl halides is 3. The first-order valence-electron chi connectivity index (χ1n) is 6.65. The van der Waals surface area contributed by atoms with Crippen molar-refractivity contribution in [1.29, 1.82) is 0 Å². The molecule has 1 fully saturated rings. The Bertz CT molecular complexity index is 533. The van der Waals surface area contributed by atoms with Crippen LogP contribution in [0.4, 0.5) is 18.9 Å². The van der Waals surface area contributed by atoms with Crippen molar-refractivity contribution in [3.63, 3.8) is 0 Å². The molecular weight excluding hydrogens is 351 g/mol. The second-order valence-electron chi connectivity index (χ2n) is 5.17. The summed E-state index contributed by atoms with van der Waals surface area (Å²) in [5.41, 5.74) is -0.851. The molecule has 1 aromatic carbocycles. The van der Waals surface area contributed by atoms with Crippen molar-refractivity contribution in [2.75, 3.05) is 5.32 Å². The van der Waals surface area contributed by atoms with Crippen molar-refractivity contribution in [3.05, 3.63) is 28.2 Å². The predicted octanol–water partition coefficient (Wildman–Crippen LogP) is 4.52. The molecule has 2 rings (SSSR count). The standard InChI is InChI=1S/C14H15BrF3NO2/c15-8-5-6-10(14(16,17)18)12(7-8)19-11-4-2-1-3-9(11)13(20)21/h5-7,9,11,19H,1-4H2,(H,20,21). The minimum Gasteiger partial charge on any atom is -0.481 e. The van der Waals surface area contributed by atoms with Gasteiger partial charge < -0.3 is 10.4 Å². The second kappa shape index (κ2) is 6.25. The van der Waals surface area contributed by atoms with Crippen LogP contribution in [0.25, 0.3) is 0 Å². The van der Waals surface area contributed by atoms with E-state index in [0.717, 1.165) is 18.9 Å². The number of carboxylic acid groups (broad SMARTS) is 1. The molecule has 0 spiro atoms. The Labute approximate surface area is 128 Å². The van der Waals surface area contributed by atoms with Crippen molar-refractivity contribution in [2.45, 2.75) is 37.9 Å². The highest BCUT2D eigenvalue weighted by molar-refractivity contribution is 9.10. The smallest absolute Gasteiger partial charge is 0.418 e. The molecule has 1 aliphatic rings. The van der Waals surface area contributed by atoms with Crippen LogP contribution in [0.5, 0.6) is 0 Å². The molecule has 2 N–H and O–H groups in total. The number of carbonyl (C=O) groups is 1. The third-order valence-electron chi connectivity index (χ3n) is 3.71. The summed E-state index contributed by atoms with van der Waals surface area (Å²) in [6.07, 6.45) is -1.82. The van der Waals surface area contributed by atoms with Crippen LogP contribution in [0, 0.1) is 5.92 Å². The minimum atomic E-state index is -4.48. The highest BCUT2D eigenvalue weighted by Crippen LogP contribution is 2.38. The van der Waals surface area contributed by atoms with Gasteiger partial charge in [-0.05, 0) is 31.0 Å². The van der Waals surface area contributed by atoms with E-state index < -0.39 is 29.7 Å². The first-order valence-corrected chi connectivity index (χ1v) is 7.44. The average Bonchev–Trinajstić information content (AvgIpc) is 2.37. The molecule has 0 aliphatic heterocycles. The van der Waals surface area contributed by atoms with Gasteiger partial charge in [0.1, 0.15) is 0 Å². The molecule has 21 heavy (non-hydrogen) atoms. The third-order valence-corrected chi connectivity index (χ3v) is 4.20. The van der Waals surface area contributed by atoms with E-state index >= 15 is 0 Å². The summed E-state index contributed by atoms with van der Waals surface area (Å²) in [6.45, 7) is 0. The predicted molar refractivity (Wildman–Crippen MR) is 76.1 cm³/mol. The monoisotopic (exact) mass is 365 g/mol. The number of halogens is 4. The zero-order valence-corrected chi connectivity index (χ0v) is 12.7. The summed E-state index contributed by atoms with van der Waals surface area (Å²) in [7, 11) is 0. The largest absolute Gasteiger partial charge is 0.481 e. The van der Waals surface area contributed by atoms with Gasteiger partial charge in [-0.2, -0.15) is 13.2 Å². The number of benzene rings is 1. The van der Waals surface area contributed by atoms with Crippen LogP contribution in [0.2, 0.25) is 0 Å². The van der Waals surface area contributed by atoms with Gasteiger partial charge in [0, 0.05) is 16.2 Å². The molecule has 2 atom stereocenters. The first-order chi connectivity index (χ1) is 9.79. The van der Waals surface area contributed by atoms with Crippen LogP contribution < -0.4 is 5.32 Å². The van der Waals surface area contributed by atoms with E-state index in [-0.39, 0.29) is 5.69 Å². The quantitative estimate of drug-likeness (QED) is 0.827. The lowest BCUT2D eigenvalue weighted by Crippen LogP contribution is -2.37. The summed E-state index contributed by atoms with van der Waals surface area (Å²) in [5, 5.41) is 12.0. The fourth-order valence-corrected chi connectivity index (χ4v) is 3.04. The number of anilines is 1. The average molecular weight is 366 g/mol. The molecule has 116 valence electrons. The Morgan fingerprint density at radius 2 is 1.95 bits per heavy atom. The maximum absolute atomic E-state index is 13.0. The fraction of sp³-hybridized carbons (Fsp3) is 0.500. The lowest BCUT2D eigenvalue weighted by atomic mass is 9.84. The van der Waals surface area contributed by atoms with Gasteiger partial charge in [-0.3, -0.25) is 4.79 Å². The van der Waals surface area contributed by atoms with Crippen molar-refractivity contribution in [2.24, 2.45) is 5.92 Å². The van der Waals surface area contributed by atoms with E-state index in [1.807, 2.05) is 0 Å². The first kappa shape index (κ1) is 16.1. The van der Waals surface area contributed by atoms with Crippen molar-refractivity contribution in [1.82, 2.24) is 0 Å². The second-order valence-corrected chi connectivity index (χ2v) is 6.08. The third kappa shape index (κ3) is 3.90. The van der Waals surface area contributed by atoms with Crippen LogP contribution in [-0.4, -0.2) is 17.1 Å². The van der Waals surface area contributed by atoms with Crippen LogP contribution >= 0.6 is 15.9 Å². The topological polar surface area (TPSA) is 49.3 Å². The molecule has 0 bridgehead atoms. The number of hydrogen-bond acceptors (Lipinski definition) is 2. The lowest BCUT2D eigenvalue weighted by Gasteiger charge is -2.31. The van der Waals surface area contributed by atoms with Gasteiger partial charge in [0.2, 0.25) is 0 Å². The number of aliphatic carboxylic acids is 1. The molecule has 7 heteroatoms. The molecule has 0 saturated heterocycles. The zero-order chi connectivity index (χ0) is 15.6. The fourth-order valence-electron chi connectivity index (χ4n) is 2.68. The van der Waals surface area contributed by atoms with E-state index in [1.165, 1.54) is 12.1 Å². The van der Waals surface area contributed by atoms with Gasteiger partial charge in [-0.1, -0.05) is 28.8 Å². The van der Waals surface area contributed by atoms with Crippen molar-refractivity contribution >= 4 is 27.6 Å². The maximum Gasteiger partial charge on any atom is 0.418 e. The van der Waals surface area contributed by atoms with E-state index in [4.69, 9.17) is 0 Å². The van der Waals surface area contributed by atoms with E-state index in [2.05, 4.69) is 21.2 Å². The van der Waals surface area contributed by atoms with E-state index in [9.17, 15) is 23.1 Å². The van der Waals surface area contributed by atoms with Gasteiger partial charge in [-0.25, -0.2) is 0 Å². The van der Waals surface area contributed by atoms with Gasteiger partial charge in [0.25, 0.3) is 0 Å². The van der Waals surface area contributed by atoms with Gasteiger partial charge in [0.05, 0.1) is 11.5 Å². The molecule has 1 aliphatic carbocycles. The highest BCUT2D eigenvalue weighted by atomic mass is 79.9. The van der Waals surface area contributed by atoms with Gasteiger partial charge >= 0.3 is 12.1 Å². The molecule has 1 saturated carbocycles. The van der Waals surface area contributed by atoms with E-state index in [0.29, 0.717) is 17.3 Å². The van der Waals surface area contributed by atoms with Gasteiger partial charge in [0.15, 0.2) is 0 Å². The molecule has 2 unspecified atom stereocenters. The maximum atomic E-state index is 13.0. The van der Waals surface area contributed by atoms with Crippen LogP contribution in [0.1, 0.15) is 31.2 Å². The van der Waals surface area contributed by atoms with Crippen LogP contribution in [0.15, 0.2) is 22.7 Å². The summed E-state index contributed by atoms with van der Waals surface area (Å²) in [4.78, 5) is 11.2. The minimum absolute atomic E-state index is 0.0741. The van der Waals surface area contributed by atoms with Gasteiger partial charge in [-0.15, -0.1) is 0 Å². The molecule has 1 aromatic rings. The number of carboxylic acids is 1. The Kier molecular flexibility index (Phi) is 4.81. The molecule has 0 heterocycles. The van der Waals surface area contributed by atoms with Crippen LogP contribution in [0.3, 0.4) is 0 Å². The summed E-state index contributed by atoms with van der Waals surface area (Å²) in [5.74, 6) is -1.62. The van der Waals surface area contributed by atoms with Crippen LogP contribution in [-0.2, 0) is 11.0 Å². The Morgan fingerprint density at radius 3 is 2.57 bits per heavy atom. The molecule has 0 aromatic heterocycles. The number of hydrogen-bond donors (Lipinski definition) is 2. The summed E-state index contributed by atoms with van der Waals surface area (Å²) < 4.78 is 39.6. The van der Waals surface area contributed by atoms with Crippen molar-refractivity contribution in [3.8, 4) is 0 Å². The summed E-state index contributed by atoms with van der Waals surface area (Å²) in [6, 6.07) is 3.18. The van der Waals surface area contributed by atoms with Crippen molar-refractivity contribution < 1.29 is 23.1 Å². The number of rotatable bonds is 3. The Balaban J connectivity index is 2.29. The Morgan fingerprint density at radius 1 is 1.29 bits per heavy atom. The highest BCUT2D eigenvalue weighted by Gasteiger charge is 2.36. The normalized spacial score (nSPS) is 22.9. The Hall–Kier alpha value is -1.24. The van der Waals surface area contributed by atoms with E-state index in [1.54, 1.807) is 0 Å². The molecule has 3 nitrogen and oxygen atoms in total. The molecular formula is C14H15BrF3NO2.